The minimum Gasteiger partial charge on any atom is -0.320 e. The Morgan fingerprint density at radius 3 is 1.87 bits per heavy atom. The predicted molar refractivity (Wildman–Crippen MR) is 68.2 cm³/mol. The molecule has 0 unspecified atom stereocenters. The lowest BCUT2D eigenvalue weighted by Gasteiger charge is -2.02. The minimum absolute atomic E-state index is 1.14. The van der Waals surface area contributed by atoms with Gasteiger partial charge in [-0.15, -0.1) is 0 Å². The summed E-state index contributed by atoms with van der Waals surface area (Å²) in [6.45, 7) is 1.20. The summed E-state index contributed by atoms with van der Waals surface area (Å²) in [5.41, 5.74) is 0. The molecule has 0 heterocycles. The van der Waals surface area contributed by atoms with Crippen LogP contribution in [0.25, 0.3) is 0 Å². The maximum absolute atomic E-state index is 3.20. The summed E-state index contributed by atoms with van der Waals surface area (Å²) < 4.78 is 0. The monoisotopic (exact) mass is 211 g/mol. The van der Waals surface area contributed by atoms with Crippen LogP contribution >= 0.6 is 0 Å². The van der Waals surface area contributed by atoms with Crippen molar-refractivity contribution in [2.75, 3.05) is 13.6 Å². The van der Waals surface area contributed by atoms with Crippen LogP contribution in [0.4, 0.5) is 0 Å². The number of nitrogens with one attached hydrogen (secondary N) is 1. The lowest BCUT2D eigenvalue weighted by molar-refractivity contribution is 0.543. The average Bonchev–Trinajstić information content (AvgIpc) is 3.05. The van der Waals surface area contributed by atoms with Crippen molar-refractivity contribution < 1.29 is 0 Å². The highest BCUT2D eigenvalue weighted by molar-refractivity contribution is 4.72. The Morgan fingerprint density at radius 2 is 1.33 bits per heavy atom. The normalized spacial score (nSPS) is 15.8. The van der Waals surface area contributed by atoms with Gasteiger partial charge in [0, 0.05) is 0 Å². The van der Waals surface area contributed by atoms with Gasteiger partial charge < -0.3 is 5.32 Å². The molecule has 1 aliphatic carbocycles. The molecule has 90 valence electrons. The summed E-state index contributed by atoms with van der Waals surface area (Å²) in [7, 11) is 2.04. The van der Waals surface area contributed by atoms with Gasteiger partial charge in [0.25, 0.3) is 0 Å². The van der Waals surface area contributed by atoms with Crippen molar-refractivity contribution in [2.45, 2.75) is 70.6 Å². The van der Waals surface area contributed by atoms with E-state index in [2.05, 4.69) is 5.32 Å². The summed E-state index contributed by atoms with van der Waals surface area (Å²) in [6, 6.07) is 0. The number of hydrogen-bond acceptors (Lipinski definition) is 1. The Balaban J connectivity index is 1.62. The SMILES string of the molecule is CNCCCCCCCCCCC1CC1. The predicted octanol–water partition coefficient (Wildman–Crippen LogP) is 4.13. The van der Waals surface area contributed by atoms with E-state index in [1.165, 1.54) is 77.2 Å². The first-order chi connectivity index (χ1) is 7.43. The number of hydrogen-bond donors (Lipinski definition) is 1. The van der Waals surface area contributed by atoms with Gasteiger partial charge in [-0.3, -0.25) is 0 Å². The van der Waals surface area contributed by atoms with Crippen LogP contribution < -0.4 is 5.32 Å². The number of unbranched alkanes of at least 4 members (excludes halogenated alkanes) is 7. The lowest BCUT2D eigenvalue weighted by atomic mass is 10.1. The highest BCUT2D eigenvalue weighted by Crippen LogP contribution is 2.34. The first-order valence-corrected chi connectivity index (χ1v) is 7.08. The summed E-state index contributed by atoms with van der Waals surface area (Å²) in [5, 5.41) is 3.20. The van der Waals surface area contributed by atoms with E-state index in [0.717, 1.165) is 5.92 Å². The molecule has 1 fully saturated rings. The Morgan fingerprint density at radius 1 is 0.800 bits per heavy atom. The van der Waals surface area contributed by atoms with Gasteiger partial charge in [0.15, 0.2) is 0 Å². The third-order valence-electron chi connectivity index (χ3n) is 3.49. The second-order valence-corrected chi connectivity index (χ2v) is 5.16. The van der Waals surface area contributed by atoms with E-state index in [1.807, 2.05) is 7.05 Å². The molecule has 1 rings (SSSR count). The van der Waals surface area contributed by atoms with E-state index < -0.39 is 0 Å². The molecule has 1 N–H and O–H groups in total. The fourth-order valence-electron chi connectivity index (χ4n) is 2.20. The summed E-state index contributed by atoms with van der Waals surface area (Å²) >= 11 is 0. The third kappa shape index (κ3) is 8.92. The quantitative estimate of drug-likeness (QED) is 0.507. The second-order valence-electron chi connectivity index (χ2n) is 5.16. The van der Waals surface area contributed by atoms with Crippen LogP contribution in [-0.4, -0.2) is 13.6 Å². The molecule has 0 aromatic rings. The molecule has 0 saturated heterocycles. The van der Waals surface area contributed by atoms with Gasteiger partial charge in [0.2, 0.25) is 0 Å². The van der Waals surface area contributed by atoms with Crippen molar-refractivity contribution >= 4 is 0 Å². The van der Waals surface area contributed by atoms with Crippen LogP contribution in [0, 0.1) is 5.92 Å². The van der Waals surface area contributed by atoms with Gasteiger partial charge in [-0.05, 0) is 25.9 Å². The first-order valence-electron chi connectivity index (χ1n) is 7.08. The molecule has 15 heavy (non-hydrogen) atoms. The van der Waals surface area contributed by atoms with Gasteiger partial charge in [0.1, 0.15) is 0 Å². The van der Waals surface area contributed by atoms with E-state index in [1.54, 1.807) is 0 Å². The van der Waals surface area contributed by atoms with E-state index in [9.17, 15) is 0 Å². The third-order valence-corrected chi connectivity index (χ3v) is 3.49. The van der Waals surface area contributed by atoms with Crippen molar-refractivity contribution in [1.82, 2.24) is 5.32 Å². The van der Waals surface area contributed by atoms with E-state index in [0.29, 0.717) is 0 Å². The molecule has 0 radical (unpaired) electrons. The maximum Gasteiger partial charge on any atom is -0.00519 e. The van der Waals surface area contributed by atoms with E-state index in [4.69, 9.17) is 0 Å². The topological polar surface area (TPSA) is 12.0 Å². The molecule has 1 aliphatic rings. The average molecular weight is 211 g/mol. The van der Waals surface area contributed by atoms with Crippen molar-refractivity contribution in [3.05, 3.63) is 0 Å². The van der Waals surface area contributed by atoms with Gasteiger partial charge in [-0.25, -0.2) is 0 Å². The zero-order chi connectivity index (χ0) is 10.8. The molecule has 1 nitrogen and oxygen atoms in total. The molecule has 0 aliphatic heterocycles. The van der Waals surface area contributed by atoms with Crippen LogP contribution in [0.15, 0.2) is 0 Å². The van der Waals surface area contributed by atoms with Crippen LogP contribution in [-0.2, 0) is 0 Å². The van der Waals surface area contributed by atoms with Crippen LogP contribution in [0.1, 0.15) is 70.6 Å². The molecule has 0 spiro atoms. The van der Waals surface area contributed by atoms with Gasteiger partial charge >= 0.3 is 0 Å². The smallest absolute Gasteiger partial charge is 0.00519 e. The van der Waals surface area contributed by atoms with Crippen molar-refractivity contribution in [3.63, 3.8) is 0 Å². The van der Waals surface area contributed by atoms with Gasteiger partial charge in [-0.1, -0.05) is 64.2 Å². The summed E-state index contributed by atoms with van der Waals surface area (Å²) in [6.07, 6.45) is 16.2. The zero-order valence-corrected chi connectivity index (χ0v) is 10.6. The molecule has 1 saturated carbocycles. The Bertz CT molecular complexity index is 129. The lowest BCUT2D eigenvalue weighted by Crippen LogP contribution is -2.06. The molecule has 0 aromatic heterocycles. The molecular weight excluding hydrogens is 182 g/mol. The first kappa shape index (κ1) is 13.0. The van der Waals surface area contributed by atoms with Crippen LogP contribution in [0.2, 0.25) is 0 Å². The standard InChI is InChI=1S/C14H29N/c1-15-13-9-7-5-3-2-4-6-8-10-14-11-12-14/h14-15H,2-13H2,1H3. The van der Waals surface area contributed by atoms with Gasteiger partial charge in [0.05, 0.1) is 0 Å². The molecule has 0 bridgehead atoms. The fourth-order valence-corrected chi connectivity index (χ4v) is 2.20. The zero-order valence-electron chi connectivity index (χ0n) is 10.6. The van der Waals surface area contributed by atoms with Crippen LogP contribution in [0.5, 0.6) is 0 Å². The molecule has 1 heteroatoms. The summed E-state index contributed by atoms with van der Waals surface area (Å²) in [4.78, 5) is 0. The molecule has 0 atom stereocenters. The van der Waals surface area contributed by atoms with Crippen molar-refractivity contribution in [1.29, 1.82) is 0 Å². The van der Waals surface area contributed by atoms with Crippen molar-refractivity contribution in [3.8, 4) is 0 Å². The van der Waals surface area contributed by atoms with Crippen molar-refractivity contribution in [2.24, 2.45) is 5.92 Å². The molecular formula is C14H29N. The van der Waals surface area contributed by atoms with Gasteiger partial charge in [-0.2, -0.15) is 0 Å². The molecule has 0 amide bonds. The van der Waals surface area contributed by atoms with Crippen LogP contribution in [0.3, 0.4) is 0 Å². The highest BCUT2D eigenvalue weighted by Gasteiger charge is 2.19. The Hall–Kier alpha value is -0.0400. The fraction of sp³-hybridized carbons (Fsp3) is 1.00. The Kier molecular flexibility index (Phi) is 7.99. The summed E-state index contributed by atoms with van der Waals surface area (Å²) in [5.74, 6) is 1.14. The van der Waals surface area contributed by atoms with E-state index >= 15 is 0 Å². The minimum atomic E-state index is 1.14. The second kappa shape index (κ2) is 9.21. The molecule has 0 aromatic carbocycles. The number of rotatable bonds is 11. The Labute approximate surface area is 96.0 Å². The maximum atomic E-state index is 3.20. The highest BCUT2D eigenvalue weighted by atomic mass is 14.8. The largest absolute Gasteiger partial charge is 0.320 e. The van der Waals surface area contributed by atoms with E-state index in [-0.39, 0.29) is 0 Å².